The quantitative estimate of drug-likeness (QED) is 0.649. The van der Waals surface area contributed by atoms with E-state index in [1.807, 2.05) is 0 Å². The Morgan fingerprint density at radius 2 is 2.25 bits per heavy atom. The smallest absolute Gasteiger partial charge is 0.273 e. The van der Waals surface area contributed by atoms with Crippen LogP contribution in [-0.2, 0) is 0 Å². The number of nitrogens with zero attached hydrogens (tertiary/aromatic N) is 1. The number of nitrogens with one attached hydrogen (secondary N) is 2. The maximum atomic E-state index is 12.3. The predicted molar refractivity (Wildman–Crippen MR) is 75.7 cm³/mol. The van der Waals surface area contributed by atoms with Crippen molar-refractivity contribution in [3.05, 3.63) is 39.4 Å². The van der Waals surface area contributed by atoms with Gasteiger partial charge in [-0.05, 0) is 31.9 Å². The molecule has 2 unspecified atom stereocenters. The van der Waals surface area contributed by atoms with Crippen molar-refractivity contribution in [2.75, 3.05) is 13.1 Å². The van der Waals surface area contributed by atoms with Crippen molar-refractivity contribution in [2.24, 2.45) is 5.92 Å². The van der Waals surface area contributed by atoms with Crippen LogP contribution in [0.25, 0.3) is 0 Å². The minimum atomic E-state index is -0.461. The summed E-state index contributed by atoms with van der Waals surface area (Å²) in [5.41, 5.74) is 0.760. The fourth-order valence-corrected chi connectivity index (χ4v) is 2.50. The summed E-state index contributed by atoms with van der Waals surface area (Å²) >= 11 is 0. The molecule has 0 bridgehead atoms. The number of piperidine rings is 1. The van der Waals surface area contributed by atoms with Gasteiger partial charge >= 0.3 is 0 Å². The summed E-state index contributed by atoms with van der Waals surface area (Å²) in [4.78, 5) is 22.7. The molecule has 1 aliphatic rings. The Morgan fingerprint density at radius 1 is 1.50 bits per heavy atom. The predicted octanol–water partition coefficient (Wildman–Crippen LogP) is 1.63. The zero-order valence-corrected chi connectivity index (χ0v) is 11.7. The van der Waals surface area contributed by atoms with Gasteiger partial charge in [0.25, 0.3) is 11.6 Å². The van der Waals surface area contributed by atoms with Crippen LogP contribution in [0, 0.1) is 23.0 Å². The van der Waals surface area contributed by atoms with Gasteiger partial charge in [0.05, 0.1) is 4.92 Å². The molecule has 2 atom stereocenters. The summed E-state index contributed by atoms with van der Waals surface area (Å²) in [5.74, 6) is 0.158. The zero-order valence-electron chi connectivity index (χ0n) is 11.7. The van der Waals surface area contributed by atoms with Crippen LogP contribution < -0.4 is 10.6 Å². The van der Waals surface area contributed by atoms with E-state index >= 15 is 0 Å². The number of carbonyl (C=O) groups excluding carboxylic acids is 1. The maximum absolute atomic E-state index is 12.3. The third kappa shape index (κ3) is 2.96. The normalized spacial score (nSPS) is 22.3. The van der Waals surface area contributed by atoms with E-state index in [0.717, 1.165) is 19.5 Å². The van der Waals surface area contributed by atoms with E-state index in [0.29, 0.717) is 17.0 Å². The number of amides is 1. The summed E-state index contributed by atoms with van der Waals surface area (Å²) in [6.07, 6.45) is 1.01. The molecule has 0 aliphatic carbocycles. The summed E-state index contributed by atoms with van der Waals surface area (Å²) in [7, 11) is 0. The van der Waals surface area contributed by atoms with Gasteiger partial charge in [-0.2, -0.15) is 0 Å². The number of rotatable bonds is 3. The number of nitro groups is 1. The average molecular weight is 277 g/mol. The lowest BCUT2D eigenvalue weighted by Crippen LogP contribution is -2.50. The van der Waals surface area contributed by atoms with E-state index in [-0.39, 0.29) is 17.6 Å². The molecule has 1 heterocycles. The molecule has 0 radical (unpaired) electrons. The summed E-state index contributed by atoms with van der Waals surface area (Å²) in [6.45, 7) is 5.41. The lowest BCUT2D eigenvalue weighted by molar-refractivity contribution is -0.385. The fraction of sp³-hybridized carbons (Fsp3) is 0.500. The Labute approximate surface area is 117 Å². The molecule has 1 aromatic rings. The highest BCUT2D eigenvalue weighted by atomic mass is 16.6. The van der Waals surface area contributed by atoms with Gasteiger partial charge in [-0.1, -0.05) is 13.0 Å². The van der Waals surface area contributed by atoms with Crippen LogP contribution in [0.2, 0.25) is 0 Å². The van der Waals surface area contributed by atoms with E-state index in [4.69, 9.17) is 0 Å². The standard InChI is InChI=1S/C14H19N3O3/c1-9-6-7-15-8-12(9)16-14(18)11-4-3-5-13(10(11)2)17(19)20/h3-5,9,12,15H,6-8H2,1-2H3,(H,16,18). The highest BCUT2D eigenvalue weighted by Crippen LogP contribution is 2.21. The van der Waals surface area contributed by atoms with Crippen molar-refractivity contribution in [3.8, 4) is 0 Å². The summed E-state index contributed by atoms with van der Waals surface area (Å²) < 4.78 is 0. The van der Waals surface area contributed by atoms with Crippen LogP contribution in [0.4, 0.5) is 5.69 Å². The molecule has 1 aromatic carbocycles. The summed E-state index contributed by atoms with van der Waals surface area (Å²) in [5, 5.41) is 17.1. The molecule has 1 amide bonds. The van der Waals surface area contributed by atoms with Crippen molar-refractivity contribution >= 4 is 11.6 Å². The number of hydrogen-bond acceptors (Lipinski definition) is 4. The molecule has 2 rings (SSSR count). The molecule has 1 fully saturated rings. The largest absolute Gasteiger partial charge is 0.348 e. The third-order valence-electron chi connectivity index (χ3n) is 3.89. The Morgan fingerprint density at radius 3 is 2.90 bits per heavy atom. The molecular weight excluding hydrogens is 258 g/mol. The molecule has 20 heavy (non-hydrogen) atoms. The molecule has 0 aromatic heterocycles. The highest BCUT2D eigenvalue weighted by molar-refractivity contribution is 5.96. The number of hydrogen-bond donors (Lipinski definition) is 2. The van der Waals surface area contributed by atoms with Gasteiger partial charge in [0.15, 0.2) is 0 Å². The van der Waals surface area contributed by atoms with Crippen LogP contribution in [-0.4, -0.2) is 30.0 Å². The molecule has 1 saturated heterocycles. The third-order valence-corrected chi connectivity index (χ3v) is 3.89. The lowest BCUT2D eigenvalue weighted by atomic mass is 9.94. The van der Waals surface area contributed by atoms with E-state index in [9.17, 15) is 14.9 Å². The maximum Gasteiger partial charge on any atom is 0.273 e. The number of benzene rings is 1. The van der Waals surface area contributed by atoms with Crippen molar-refractivity contribution < 1.29 is 9.72 Å². The first-order valence-corrected chi connectivity index (χ1v) is 6.76. The topological polar surface area (TPSA) is 84.3 Å². The van der Waals surface area contributed by atoms with E-state index in [2.05, 4.69) is 17.6 Å². The Kier molecular flexibility index (Phi) is 4.34. The highest BCUT2D eigenvalue weighted by Gasteiger charge is 2.25. The molecule has 6 nitrogen and oxygen atoms in total. The monoisotopic (exact) mass is 277 g/mol. The minimum Gasteiger partial charge on any atom is -0.348 e. The second-order valence-corrected chi connectivity index (χ2v) is 5.26. The van der Waals surface area contributed by atoms with Gasteiger partial charge in [0, 0.05) is 29.8 Å². The first kappa shape index (κ1) is 14.5. The van der Waals surface area contributed by atoms with Crippen LogP contribution >= 0.6 is 0 Å². The fourth-order valence-electron chi connectivity index (χ4n) is 2.50. The second-order valence-electron chi connectivity index (χ2n) is 5.26. The summed E-state index contributed by atoms with van der Waals surface area (Å²) in [6, 6.07) is 4.65. The van der Waals surface area contributed by atoms with E-state index in [1.54, 1.807) is 19.1 Å². The van der Waals surface area contributed by atoms with Gasteiger partial charge in [-0.25, -0.2) is 0 Å². The van der Waals surface area contributed by atoms with Gasteiger partial charge in [0.2, 0.25) is 0 Å². The number of carbonyl (C=O) groups is 1. The van der Waals surface area contributed by atoms with Gasteiger partial charge in [-0.3, -0.25) is 14.9 Å². The Bertz CT molecular complexity index is 530. The van der Waals surface area contributed by atoms with Crippen LogP contribution in [0.5, 0.6) is 0 Å². The SMILES string of the molecule is Cc1c(C(=O)NC2CNCCC2C)cccc1[N+](=O)[O-]. The van der Waals surface area contributed by atoms with Gasteiger partial charge in [-0.15, -0.1) is 0 Å². The molecular formula is C14H19N3O3. The molecule has 2 N–H and O–H groups in total. The average Bonchev–Trinajstić information content (AvgIpc) is 2.41. The molecule has 6 heteroatoms. The molecule has 0 saturated carbocycles. The van der Waals surface area contributed by atoms with Crippen LogP contribution in [0.1, 0.15) is 29.3 Å². The van der Waals surface area contributed by atoms with E-state index < -0.39 is 4.92 Å². The lowest BCUT2D eigenvalue weighted by Gasteiger charge is -2.30. The number of nitro benzene ring substituents is 1. The molecule has 1 aliphatic heterocycles. The zero-order chi connectivity index (χ0) is 14.7. The Balaban J connectivity index is 2.17. The first-order chi connectivity index (χ1) is 9.50. The van der Waals surface area contributed by atoms with Gasteiger partial charge in [0.1, 0.15) is 0 Å². The van der Waals surface area contributed by atoms with E-state index in [1.165, 1.54) is 6.07 Å². The van der Waals surface area contributed by atoms with Crippen molar-refractivity contribution in [2.45, 2.75) is 26.3 Å². The van der Waals surface area contributed by atoms with Crippen molar-refractivity contribution in [1.82, 2.24) is 10.6 Å². The minimum absolute atomic E-state index is 0.0209. The van der Waals surface area contributed by atoms with Crippen LogP contribution in [0.15, 0.2) is 18.2 Å². The van der Waals surface area contributed by atoms with Crippen molar-refractivity contribution in [3.63, 3.8) is 0 Å². The van der Waals surface area contributed by atoms with Crippen LogP contribution in [0.3, 0.4) is 0 Å². The first-order valence-electron chi connectivity index (χ1n) is 6.76. The Hall–Kier alpha value is -1.95. The second kappa shape index (κ2) is 6.00. The van der Waals surface area contributed by atoms with Gasteiger partial charge < -0.3 is 10.6 Å². The molecule has 108 valence electrons. The van der Waals surface area contributed by atoms with Crippen molar-refractivity contribution in [1.29, 1.82) is 0 Å². The molecule has 0 spiro atoms.